The Bertz CT molecular complexity index is 215. The highest BCUT2D eigenvalue weighted by Gasteiger charge is 2.34. The van der Waals surface area contributed by atoms with Gasteiger partial charge in [0.05, 0.1) is 26.4 Å². The molecule has 1 rings (SSSR count). The topological polar surface area (TPSA) is 56.8 Å². The van der Waals surface area contributed by atoms with Crippen molar-refractivity contribution in [1.29, 1.82) is 0 Å². The van der Waals surface area contributed by atoms with Gasteiger partial charge >= 0.3 is 5.97 Å². The molecule has 88 valence electrons. The first kappa shape index (κ1) is 12.4. The van der Waals surface area contributed by atoms with E-state index in [1.54, 1.807) is 14.0 Å². The third-order valence-electron chi connectivity index (χ3n) is 2.68. The smallest absolute Gasteiger partial charge is 0.328 e. The number of nitrogens with one attached hydrogen (secondary N) is 1. The molecule has 0 aliphatic carbocycles. The van der Waals surface area contributed by atoms with Crippen LogP contribution in [0, 0.1) is 0 Å². The van der Waals surface area contributed by atoms with E-state index in [-0.39, 0.29) is 12.1 Å². The molecule has 1 N–H and O–H groups in total. The Hall–Kier alpha value is -0.650. The molecule has 1 aliphatic heterocycles. The van der Waals surface area contributed by atoms with E-state index in [4.69, 9.17) is 14.2 Å². The number of hydrogen-bond acceptors (Lipinski definition) is 5. The number of methoxy groups -OCH3 is 1. The molecule has 0 amide bonds. The fraction of sp³-hybridized carbons (Fsp3) is 0.900. The molecule has 0 aromatic carbocycles. The van der Waals surface area contributed by atoms with Gasteiger partial charge < -0.3 is 19.5 Å². The molecule has 1 heterocycles. The first-order valence-corrected chi connectivity index (χ1v) is 5.09. The van der Waals surface area contributed by atoms with E-state index in [2.05, 4.69) is 5.32 Å². The number of carbonyl (C=O) groups excluding carboxylic acids is 1. The van der Waals surface area contributed by atoms with Crippen molar-refractivity contribution < 1.29 is 19.0 Å². The first-order chi connectivity index (χ1) is 7.12. The largest absolute Gasteiger partial charge is 0.468 e. The highest BCUT2D eigenvalue weighted by atomic mass is 16.6. The fourth-order valence-electron chi connectivity index (χ4n) is 1.39. The van der Waals surface area contributed by atoms with Gasteiger partial charge in [0, 0.05) is 6.61 Å². The predicted molar refractivity (Wildman–Crippen MR) is 54.7 cm³/mol. The van der Waals surface area contributed by atoms with Crippen molar-refractivity contribution in [3.8, 4) is 0 Å². The van der Waals surface area contributed by atoms with Gasteiger partial charge in [0.15, 0.2) is 0 Å². The molecule has 0 saturated carbocycles. The Balaban J connectivity index is 2.41. The summed E-state index contributed by atoms with van der Waals surface area (Å²) in [5.41, 5.74) is -0.780. The minimum Gasteiger partial charge on any atom is -0.468 e. The molecule has 0 aromatic heterocycles. The van der Waals surface area contributed by atoms with Crippen LogP contribution in [0.3, 0.4) is 0 Å². The highest BCUT2D eigenvalue weighted by Crippen LogP contribution is 2.13. The average molecular weight is 217 g/mol. The quantitative estimate of drug-likeness (QED) is 0.654. The molecule has 2 unspecified atom stereocenters. The zero-order chi connectivity index (χ0) is 11.3. The maximum Gasteiger partial charge on any atom is 0.328 e. The van der Waals surface area contributed by atoms with Gasteiger partial charge in [-0.3, -0.25) is 0 Å². The molecule has 0 radical (unpaired) electrons. The highest BCUT2D eigenvalue weighted by molar-refractivity contribution is 5.80. The van der Waals surface area contributed by atoms with E-state index in [9.17, 15) is 4.79 Å². The van der Waals surface area contributed by atoms with E-state index < -0.39 is 5.54 Å². The molecule has 1 saturated heterocycles. The SMILES string of the molecule is CNC(C)(COC1CCOC1)C(=O)OC. The summed E-state index contributed by atoms with van der Waals surface area (Å²) in [6.07, 6.45) is 0.989. The van der Waals surface area contributed by atoms with Gasteiger partial charge in [-0.2, -0.15) is 0 Å². The molecule has 0 spiro atoms. The van der Waals surface area contributed by atoms with Gasteiger partial charge in [-0.1, -0.05) is 0 Å². The van der Waals surface area contributed by atoms with E-state index in [0.29, 0.717) is 13.2 Å². The number of hydrogen-bond donors (Lipinski definition) is 1. The molecule has 1 fully saturated rings. The van der Waals surface area contributed by atoms with Crippen LogP contribution in [0.25, 0.3) is 0 Å². The standard InChI is InChI=1S/C10H19NO4/c1-10(11-2,9(12)13-3)7-15-8-4-5-14-6-8/h8,11H,4-7H2,1-3H3. The molecule has 0 bridgehead atoms. The molecule has 2 atom stereocenters. The molecule has 5 heteroatoms. The van der Waals surface area contributed by atoms with Gasteiger partial charge in [-0.15, -0.1) is 0 Å². The summed E-state index contributed by atoms with van der Waals surface area (Å²) in [5, 5.41) is 2.91. The van der Waals surface area contributed by atoms with Crippen molar-refractivity contribution >= 4 is 5.97 Å². The normalized spacial score (nSPS) is 24.9. The van der Waals surface area contributed by atoms with Crippen LogP contribution in [0.1, 0.15) is 13.3 Å². The zero-order valence-corrected chi connectivity index (χ0v) is 9.54. The summed E-state index contributed by atoms with van der Waals surface area (Å²) in [4.78, 5) is 11.5. The maximum atomic E-state index is 11.5. The van der Waals surface area contributed by atoms with E-state index in [0.717, 1.165) is 13.0 Å². The first-order valence-electron chi connectivity index (χ1n) is 5.09. The molecular weight excluding hydrogens is 198 g/mol. The van der Waals surface area contributed by atoms with E-state index in [1.165, 1.54) is 7.11 Å². The Labute approximate surface area is 90.1 Å². The second-order valence-electron chi connectivity index (χ2n) is 3.87. The molecule has 15 heavy (non-hydrogen) atoms. The van der Waals surface area contributed by atoms with Gasteiger partial charge in [-0.25, -0.2) is 4.79 Å². The van der Waals surface area contributed by atoms with Crippen molar-refractivity contribution in [3.63, 3.8) is 0 Å². The summed E-state index contributed by atoms with van der Waals surface area (Å²) in [6, 6.07) is 0. The van der Waals surface area contributed by atoms with Crippen molar-refractivity contribution in [2.75, 3.05) is 34.0 Å². The van der Waals surface area contributed by atoms with Gasteiger partial charge in [0.1, 0.15) is 5.54 Å². The number of esters is 1. The monoisotopic (exact) mass is 217 g/mol. The van der Waals surface area contributed by atoms with E-state index >= 15 is 0 Å². The van der Waals surface area contributed by atoms with E-state index in [1.807, 2.05) is 0 Å². The number of likely N-dealkylation sites (N-methyl/N-ethyl adjacent to an activating group) is 1. The minimum absolute atomic E-state index is 0.0994. The average Bonchev–Trinajstić information content (AvgIpc) is 2.77. The maximum absolute atomic E-state index is 11.5. The summed E-state index contributed by atoms with van der Waals surface area (Å²) < 4.78 is 15.5. The Morgan fingerprint density at radius 3 is 2.87 bits per heavy atom. The fourth-order valence-corrected chi connectivity index (χ4v) is 1.39. The number of rotatable bonds is 5. The summed E-state index contributed by atoms with van der Waals surface area (Å²) in [5.74, 6) is -0.316. The van der Waals surface area contributed by atoms with Crippen molar-refractivity contribution in [1.82, 2.24) is 5.32 Å². The van der Waals surface area contributed by atoms with Crippen LogP contribution in [0.4, 0.5) is 0 Å². The summed E-state index contributed by atoms with van der Waals surface area (Å²) >= 11 is 0. The molecule has 0 aromatic rings. The summed E-state index contributed by atoms with van der Waals surface area (Å²) in [7, 11) is 3.09. The Kier molecular flexibility index (Phi) is 4.50. The van der Waals surface area contributed by atoms with Crippen LogP contribution in [0.5, 0.6) is 0 Å². The third-order valence-corrected chi connectivity index (χ3v) is 2.68. The Morgan fingerprint density at radius 1 is 1.67 bits per heavy atom. The second kappa shape index (κ2) is 5.44. The van der Waals surface area contributed by atoms with Crippen LogP contribution < -0.4 is 5.32 Å². The minimum atomic E-state index is -0.780. The molecule has 1 aliphatic rings. The lowest BCUT2D eigenvalue weighted by atomic mass is 10.0. The number of carbonyl (C=O) groups is 1. The third kappa shape index (κ3) is 3.15. The second-order valence-corrected chi connectivity index (χ2v) is 3.87. The van der Waals surface area contributed by atoms with Crippen molar-refractivity contribution in [3.05, 3.63) is 0 Å². The molecule has 5 nitrogen and oxygen atoms in total. The summed E-state index contributed by atoms with van der Waals surface area (Å²) in [6.45, 7) is 3.40. The van der Waals surface area contributed by atoms with Crippen LogP contribution >= 0.6 is 0 Å². The van der Waals surface area contributed by atoms with Gasteiger partial charge in [0.2, 0.25) is 0 Å². The lowest BCUT2D eigenvalue weighted by molar-refractivity contribution is -0.151. The van der Waals surface area contributed by atoms with Gasteiger partial charge in [-0.05, 0) is 20.4 Å². The number of ether oxygens (including phenoxy) is 3. The van der Waals surface area contributed by atoms with Crippen LogP contribution in [0.15, 0.2) is 0 Å². The van der Waals surface area contributed by atoms with Crippen LogP contribution in [-0.4, -0.2) is 51.6 Å². The van der Waals surface area contributed by atoms with Gasteiger partial charge in [0.25, 0.3) is 0 Å². The van der Waals surface area contributed by atoms with Crippen LogP contribution in [0.2, 0.25) is 0 Å². The lowest BCUT2D eigenvalue weighted by Gasteiger charge is -2.27. The lowest BCUT2D eigenvalue weighted by Crippen LogP contribution is -2.52. The van der Waals surface area contributed by atoms with Crippen molar-refractivity contribution in [2.45, 2.75) is 25.0 Å². The predicted octanol–water partition coefficient (Wildman–Crippen LogP) is -0.0570. The Morgan fingerprint density at radius 2 is 2.40 bits per heavy atom. The zero-order valence-electron chi connectivity index (χ0n) is 9.54. The van der Waals surface area contributed by atoms with Crippen LogP contribution in [-0.2, 0) is 19.0 Å². The van der Waals surface area contributed by atoms with Crippen molar-refractivity contribution in [2.24, 2.45) is 0 Å². The molecular formula is C10H19NO4.